The number of nitrogens with zero attached hydrogens (tertiary/aromatic N) is 2. The molecule has 1 aromatic heterocycles. The van der Waals surface area contributed by atoms with E-state index in [9.17, 15) is 0 Å². The summed E-state index contributed by atoms with van der Waals surface area (Å²) < 4.78 is 2.28. The van der Waals surface area contributed by atoms with Gasteiger partial charge in [0.25, 0.3) is 0 Å². The number of nitrogens with one attached hydrogen (secondary N) is 1. The van der Waals surface area contributed by atoms with Crippen LogP contribution in [-0.2, 0) is 13.0 Å². The molecule has 3 heteroatoms. The summed E-state index contributed by atoms with van der Waals surface area (Å²) in [7, 11) is 0. The van der Waals surface area contributed by atoms with Crippen LogP contribution in [0.5, 0.6) is 0 Å². The highest BCUT2D eigenvalue weighted by atomic mass is 15.2. The number of hydrogen-bond donors (Lipinski definition) is 1. The SMILES string of the molecule is CCc1ccc(-c2nc3n(c2C)CCCN3)cc1. The Labute approximate surface area is 108 Å². The minimum atomic E-state index is 1.02. The van der Waals surface area contributed by atoms with Crippen molar-refractivity contribution in [2.45, 2.75) is 33.2 Å². The highest BCUT2D eigenvalue weighted by Gasteiger charge is 2.17. The van der Waals surface area contributed by atoms with Crippen LogP contribution in [0.15, 0.2) is 24.3 Å². The van der Waals surface area contributed by atoms with Crippen LogP contribution in [0.2, 0.25) is 0 Å². The van der Waals surface area contributed by atoms with Crippen molar-refractivity contribution >= 4 is 5.95 Å². The molecule has 0 radical (unpaired) electrons. The molecule has 1 aromatic carbocycles. The number of aryl methyl sites for hydroxylation is 1. The summed E-state index contributed by atoms with van der Waals surface area (Å²) in [5.74, 6) is 1.02. The minimum Gasteiger partial charge on any atom is -0.356 e. The van der Waals surface area contributed by atoms with Crippen molar-refractivity contribution in [1.82, 2.24) is 9.55 Å². The van der Waals surface area contributed by atoms with E-state index in [1.807, 2.05) is 0 Å². The Morgan fingerprint density at radius 1 is 1.28 bits per heavy atom. The monoisotopic (exact) mass is 241 g/mol. The van der Waals surface area contributed by atoms with Gasteiger partial charge in [0, 0.05) is 24.3 Å². The average molecular weight is 241 g/mol. The lowest BCUT2D eigenvalue weighted by atomic mass is 10.1. The van der Waals surface area contributed by atoms with E-state index < -0.39 is 0 Å². The van der Waals surface area contributed by atoms with Crippen molar-refractivity contribution in [3.8, 4) is 11.3 Å². The zero-order valence-electron chi connectivity index (χ0n) is 11.0. The van der Waals surface area contributed by atoms with E-state index in [1.165, 1.54) is 23.2 Å². The lowest BCUT2D eigenvalue weighted by Crippen LogP contribution is -2.17. The van der Waals surface area contributed by atoms with E-state index in [0.717, 1.165) is 31.2 Å². The van der Waals surface area contributed by atoms with E-state index in [-0.39, 0.29) is 0 Å². The van der Waals surface area contributed by atoms with Gasteiger partial charge in [0.15, 0.2) is 0 Å². The van der Waals surface area contributed by atoms with Gasteiger partial charge in [-0.25, -0.2) is 4.98 Å². The molecule has 0 atom stereocenters. The number of aromatic nitrogens is 2. The molecule has 2 heterocycles. The molecular weight excluding hydrogens is 222 g/mol. The number of imidazole rings is 1. The van der Waals surface area contributed by atoms with Crippen LogP contribution in [0.4, 0.5) is 5.95 Å². The molecule has 3 nitrogen and oxygen atoms in total. The van der Waals surface area contributed by atoms with Crippen molar-refractivity contribution in [2.75, 3.05) is 11.9 Å². The molecule has 1 N–H and O–H groups in total. The molecule has 18 heavy (non-hydrogen) atoms. The third kappa shape index (κ3) is 1.80. The largest absolute Gasteiger partial charge is 0.356 e. The van der Waals surface area contributed by atoms with Crippen LogP contribution in [0.25, 0.3) is 11.3 Å². The zero-order valence-corrected chi connectivity index (χ0v) is 11.0. The fraction of sp³-hybridized carbons (Fsp3) is 0.400. The summed E-state index contributed by atoms with van der Waals surface area (Å²) in [6.45, 7) is 6.45. The first kappa shape index (κ1) is 11.3. The Bertz CT molecular complexity index is 552. The third-order valence-corrected chi connectivity index (χ3v) is 3.70. The predicted octanol–water partition coefficient (Wildman–Crippen LogP) is 3.24. The van der Waals surface area contributed by atoms with Crippen LogP contribution in [0, 0.1) is 6.92 Å². The molecule has 0 fully saturated rings. The molecule has 3 rings (SSSR count). The Balaban J connectivity index is 2.02. The van der Waals surface area contributed by atoms with Gasteiger partial charge in [-0.1, -0.05) is 31.2 Å². The second-order valence-corrected chi connectivity index (χ2v) is 4.85. The summed E-state index contributed by atoms with van der Waals surface area (Å²) in [5, 5.41) is 3.37. The topological polar surface area (TPSA) is 29.9 Å². The van der Waals surface area contributed by atoms with Gasteiger partial charge < -0.3 is 9.88 Å². The van der Waals surface area contributed by atoms with Crippen molar-refractivity contribution < 1.29 is 0 Å². The van der Waals surface area contributed by atoms with Gasteiger partial charge in [0.2, 0.25) is 5.95 Å². The van der Waals surface area contributed by atoms with E-state index in [0.29, 0.717) is 0 Å². The van der Waals surface area contributed by atoms with E-state index in [1.54, 1.807) is 0 Å². The number of benzene rings is 1. The van der Waals surface area contributed by atoms with Gasteiger partial charge in [0.05, 0.1) is 5.69 Å². The normalized spacial score (nSPS) is 14.1. The first-order chi connectivity index (χ1) is 8.79. The minimum absolute atomic E-state index is 1.02. The fourth-order valence-corrected chi connectivity index (χ4v) is 2.55. The second kappa shape index (κ2) is 4.48. The second-order valence-electron chi connectivity index (χ2n) is 4.85. The van der Waals surface area contributed by atoms with E-state index in [2.05, 4.69) is 48.0 Å². The van der Waals surface area contributed by atoms with Crippen molar-refractivity contribution in [3.63, 3.8) is 0 Å². The first-order valence-electron chi connectivity index (χ1n) is 6.70. The number of rotatable bonds is 2. The molecule has 0 amide bonds. The molecule has 1 aliphatic rings. The Kier molecular flexibility index (Phi) is 2.82. The summed E-state index contributed by atoms with van der Waals surface area (Å²) in [5.41, 5.74) is 4.97. The fourth-order valence-electron chi connectivity index (χ4n) is 2.55. The smallest absolute Gasteiger partial charge is 0.203 e. The predicted molar refractivity (Wildman–Crippen MR) is 74.9 cm³/mol. The van der Waals surface area contributed by atoms with Crippen LogP contribution in [-0.4, -0.2) is 16.1 Å². The van der Waals surface area contributed by atoms with Crippen molar-refractivity contribution in [2.24, 2.45) is 0 Å². The summed E-state index contributed by atoms with van der Waals surface area (Å²) in [6, 6.07) is 8.75. The van der Waals surface area contributed by atoms with Crippen LogP contribution < -0.4 is 5.32 Å². The van der Waals surface area contributed by atoms with E-state index in [4.69, 9.17) is 4.98 Å². The molecule has 0 saturated heterocycles. The number of fused-ring (bicyclic) bond motifs is 1. The molecule has 1 aliphatic heterocycles. The van der Waals surface area contributed by atoms with Crippen molar-refractivity contribution in [1.29, 1.82) is 0 Å². The Morgan fingerprint density at radius 2 is 2.06 bits per heavy atom. The molecular formula is C15H19N3. The van der Waals surface area contributed by atoms with Crippen molar-refractivity contribution in [3.05, 3.63) is 35.5 Å². The maximum atomic E-state index is 4.73. The van der Waals surface area contributed by atoms with Crippen LogP contribution in [0.3, 0.4) is 0 Å². The van der Waals surface area contributed by atoms with Gasteiger partial charge in [-0.3, -0.25) is 0 Å². The number of anilines is 1. The van der Waals surface area contributed by atoms with Gasteiger partial charge >= 0.3 is 0 Å². The van der Waals surface area contributed by atoms with E-state index >= 15 is 0 Å². The van der Waals surface area contributed by atoms with Crippen LogP contribution >= 0.6 is 0 Å². The Morgan fingerprint density at radius 3 is 2.72 bits per heavy atom. The summed E-state index contributed by atoms with van der Waals surface area (Å²) in [6.07, 6.45) is 2.26. The summed E-state index contributed by atoms with van der Waals surface area (Å²) in [4.78, 5) is 4.73. The summed E-state index contributed by atoms with van der Waals surface area (Å²) >= 11 is 0. The Hall–Kier alpha value is -1.77. The molecule has 0 spiro atoms. The van der Waals surface area contributed by atoms with Gasteiger partial charge in [-0.05, 0) is 25.3 Å². The molecule has 2 aromatic rings. The molecule has 0 aliphatic carbocycles. The molecule has 0 bridgehead atoms. The maximum Gasteiger partial charge on any atom is 0.203 e. The zero-order chi connectivity index (χ0) is 12.5. The highest BCUT2D eigenvalue weighted by molar-refractivity contribution is 5.65. The third-order valence-electron chi connectivity index (χ3n) is 3.70. The molecule has 94 valence electrons. The lowest BCUT2D eigenvalue weighted by Gasteiger charge is -2.16. The molecule has 0 unspecified atom stereocenters. The molecule has 0 saturated carbocycles. The standard InChI is InChI=1S/C15H19N3/c1-3-12-5-7-13(8-6-12)14-11(2)18-10-4-9-16-15(18)17-14/h5-8H,3-4,9-10H2,1-2H3,(H,16,17). The average Bonchev–Trinajstić information content (AvgIpc) is 2.77. The van der Waals surface area contributed by atoms with Gasteiger partial charge in [-0.15, -0.1) is 0 Å². The van der Waals surface area contributed by atoms with Crippen LogP contribution in [0.1, 0.15) is 24.6 Å². The number of hydrogen-bond acceptors (Lipinski definition) is 2. The maximum absolute atomic E-state index is 4.73. The van der Waals surface area contributed by atoms with Gasteiger partial charge in [0.1, 0.15) is 0 Å². The quantitative estimate of drug-likeness (QED) is 0.874. The lowest BCUT2D eigenvalue weighted by molar-refractivity contribution is 0.615. The van der Waals surface area contributed by atoms with Gasteiger partial charge in [-0.2, -0.15) is 0 Å². The highest BCUT2D eigenvalue weighted by Crippen LogP contribution is 2.27. The first-order valence-corrected chi connectivity index (χ1v) is 6.70.